The summed E-state index contributed by atoms with van der Waals surface area (Å²) in [6.45, 7) is 15.6. The van der Waals surface area contributed by atoms with Gasteiger partial charge < -0.3 is 24.4 Å². The van der Waals surface area contributed by atoms with Crippen LogP contribution in [0, 0.1) is 11.8 Å². The summed E-state index contributed by atoms with van der Waals surface area (Å²) in [5.74, 6) is 0.437. The first-order valence-corrected chi connectivity index (χ1v) is 14.4. The van der Waals surface area contributed by atoms with Gasteiger partial charge in [0, 0.05) is 0 Å². The molecular formula is C24H42N7O5P. The number of nitrogens with two attached hydrogens (primary N) is 1. The summed E-state index contributed by atoms with van der Waals surface area (Å²) in [6, 6.07) is 0. The van der Waals surface area contributed by atoms with Crippen molar-refractivity contribution in [1.82, 2.24) is 24.6 Å². The van der Waals surface area contributed by atoms with Crippen LogP contribution in [0.4, 0.5) is 5.82 Å². The van der Waals surface area contributed by atoms with E-state index in [1.807, 2.05) is 6.92 Å². The average molecular weight is 540 g/mol. The molecule has 2 atom stereocenters. The van der Waals surface area contributed by atoms with Crippen LogP contribution in [0.1, 0.15) is 68.2 Å². The maximum Gasteiger partial charge on any atom is 0.365 e. The van der Waals surface area contributed by atoms with Crippen LogP contribution in [-0.4, -0.2) is 55.8 Å². The molecule has 208 valence electrons. The first kappa shape index (κ1) is 30.7. The third kappa shape index (κ3) is 9.36. The minimum absolute atomic E-state index is 0.195. The molecule has 0 aliphatic rings. The van der Waals surface area contributed by atoms with Gasteiger partial charge in [0.25, 0.3) is 0 Å². The molecule has 37 heavy (non-hydrogen) atoms. The second kappa shape index (κ2) is 13.3. The highest BCUT2D eigenvalue weighted by Crippen LogP contribution is 2.46. The fraction of sp³-hybridized carbons (Fsp3) is 0.708. The second-order valence-electron chi connectivity index (χ2n) is 10.5. The van der Waals surface area contributed by atoms with Gasteiger partial charge in [0.2, 0.25) is 0 Å². The highest BCUT2D eigenvalue weighted by atomic mass is 31.2. The fourth-order valence-electron chi connectivity index (χ4n) is 3.67. The number of ether oxygens (including phenoxy) is 2. The van der Waals surface area contributed by atoms with Crippen LogP contribution in [0.5, 0.6) is 0 Å². The highest BCUT2D eigenvalue weighted by molar-refractivity contribution is 7.56. The van der Waals surface area contributed by atoms with Crippen molar-refractivity contribution >= 4 is 36.2 Å². The molecule has 0 amide bonds. The molecule has 0 radical (unpaired) electrons. The van der Waals surface area contributed by atoms with Gasteiger partial charge >= 0.3 is 13.5 Å². The molecule has 0 bridgehead atoms. The normalized spacial score (nSPS) is 14.5. The fourth-order valence-corrected chi connectivity index (χ4v) is 5.46. The van der Waals surface area contributed by atoms with E-state index in [0.717, 1.165) is 5.71 Å². The average Bonchev–Trinajstić information content (AvgIpc) is 3.19. The van der Waals surface area contributed by atoms with Crippen molar-refractivity contribution in [1.29, 1.82) is 0 Å². The summed E-state index contributed by atoms with van der Waals surface area (Å²) < 4.78 is 32.5. The van der Waals surface area contributed by atoms with E-state index in [1.54, 1.807) is 31.7 Å². The van der Waals surface area contributed by atoms with E-state index in [2.05, 4.69) is 52.9 Å². The summed E-state index contributed by atoms with van der Waals surface area (Å²) >= 11 is 0. The Balaban J connectivity index is 2.22. The van der Waals surface area contributed by atoms with Crippen molar-refractivity contribution in [2.45, 2.75) is 86.4 Å². The van der Waals surface area contributed by atoms with Gasteiger partial charge in [-0.25, -0.2) is 20.0 Å². The smallest absolute Gasteiger partial charge is 0.365 e. The van der Waals surface area contributed by atoms with Gasteiger partial charge in [-0.3, -0.25) is 9.36 Å². The van der Waals surface area contributed by atoms with Crippen molar-refractivity contribution in [3.05, 3.63) is 12.7 Å². The SMILES string of the molecule is CCOC(=O)C(C)(C)NP(=O)(CO[C@H](C)Cn1cnc2c(N)ncnc21)ON=C(CC(C)C)CC(C)C. The minimum atomic E-state index is -3.79. The lowest BCUT2D eigenvalue weighted by atomic mass is 9.99. The summed E-state index contributed by atoms with van der Waals surface area (Å²) in [7, 11) is -3.79. The number of nitrogen functional groups attached to an aromatic ring is 1. The number of anilines is 1. The number of aromatic nitrogens is 4. The molecular weight excluding hydrogens is 497 g/mol. The topological polar surface area (TPSA) is 156 Å². The number of nitrogens with one attached hydrogen (secondary N) is 1. The van der Waals surface area contributed by atoms with E-state index in [-0.39, 0.29) is 18.8 Å². The van der Waals surface area contributed by atoms with Crippen molar-refractivity contribution in [3.63, 3.8) is 0 Å². The number of carbonyl (C=O) groups excluding carboxylic acids is 1. The van der Waals surface area contributed by atoms with E-state index in [9.17, 15) is 9.36 Å². The molecule has 0 fully saturated rings. The Labute approximate surface area is 219 Å². The van der Waals surface area contributed by atoms with E-state index >= 15 is 0 Å². The van der Waals surface area contributed by atoms with E-state index in [4.69, 9.17) is 19.8 Å². The van der Waals surface area contributed by atoms with Crippen LogP contribution in [0.15, 0.2) is 17.8 Å². The Morgan fingerprint density at radius 2 is 1.81 bits per heavy atom. The number of rotatable bonds is 15. The molecule has 0 aromatic carbocycles. The molecule has 2 aromatic rings. The van der Waals surface area contributed by atoms with Gasteiger partial charge in [-0.2, -0.15) is 0 Å². The predicted octanol–water partition coefficient (Wildman–Crippen LogP) is 4.36. The van der Waals surface area contributed by atoms with E-state index in [1.165, 1.54) is 6.33 Å². The molecule has 13 heteroatoms. The zero-order chi connectivity index (χ0) is 27.8. The van der Waals surface area contributed by atoms with Gasteiger partial charge in [-0.05, 0) is 52.4 Å². The zero-order valence-electron chi connectivity index (χ0n) is 23.2. The molecule has 2 rings (SSSR count). The first-order valence-electron chi connectivity index (χ1n) is 12.6. The number of nitrogens with zero attached hydrogens (tertiary/aromatic N) is 5. The highest BCUT2D eigenvalue weighted by Gasteiger charge is 2.39. The van der Waals surface area contributed by atoms with Crippen LogP contribution in [0.2, 0.25) is 0 Å². The van der Waals surface area contributed by atoms with Crippen LogP contribution in [-0.2, 0) is 30.0 Å². The summed E-state index contributed by atoms with van der Waals surface area (Å²) in [4.78, 5) is 24.9. The molecule has 0 aliphatic heterocycles. The lowest BCUT2D eigenvalue weighted by molar-refractivity contribution is -0.149. The number of esters is 1. The van der Waals surface area contributed by atoms with Crippen molar-refractivity contribution in [2.75, 3.05) is 18.7 Å². The Morgan fingerprint density at radius 3 is 2.41 bits per heavy atom. The standard InChI is InChI=1S/C24H42N7O5P/c1-9-34-23(32)24(7,8)30-37(33,36-29-19(10-16(2)3)11-17(4)5)15-35-18(6)12-31-14-28-20-21(25)26-13-27-22(20)31/h13-14,16-18H,9-12,15H2,1-8H3,(H,30,33)(H2,25,26,27)/t18-,37?/m1/s1. The maximum absolute atomic E-state index is 13.9. The van der Waals surface area contributed by atoms with Gasteiger partial charge in [0.15, 0.2) is 11.5 Å². The molecule has 3 N–H and O–H groups in total. The number of hydrogen-bond donors (Lipinski definition) is 2. The summed E-state index contributed by atoms with van der Waals surface area (Å²) in [5.41, 5.74) is 6.45. The lowest BCUT2D eigenvalue weighted by Crippen LogP contribution is -2.46. The molecule has 0 saturated heterocycles. The Morgan fingerprint density at radius 1 is 1.16 bits per heavy atom. The Kier molecular flexibility index (Phi) is 11.0. The summed E-state index contributed by atoms with van der Waals surface area (Å²) in [6.07, 6.45) is 3.65. The molecule has 0 spiro atoms. The van der Waals surface area contributed by atoms with Crippen molar-refractivity contribution < 1.29 is 23.5 Å². The molecule has 12 nitrogen and oxygen atoms in total. The minimum Gasteiger partial charge on any atom is -0.465 e. The number of fused-ring (bicyclic) bond motifs is 1. The van der Waals surface area contributed by atoms with Gasteiger partial charge in [-0.15, -0.1) is 0 Å². The van der Waals surface area contributed by atoms with Crippen LogP contribution < -0.4 is 10.8 Å². The van der Waals surface area contributed by atoms with Crippen LogP contribution >= 0.6 is 7.52 Å². The predicted molar refractivity (Wildman–Crippen MR) is 144 cm³/mol. The maximum atomic E-state index is 13.9. The first-order chi connectivity index (χ1) is 17.3. The third-order valence-electron chi connectivity index (χ3n) is 5.24. The van der Waals surface area contributed by atoms with Crippen molar-refractivity contribution in [3.8, 4) is 0 Å². The molecule has 2 heterocycles. The van der Waals surface area contributed by atoms with Gasteiger partial charge in [-0.1, -0.05) is 32.9 Å². The lowest BCUT2D eigenvalue weighted by Gasteiger charge is -2.29. The monoisotopic (exact) mass is 539 g/mol. The van der Waals surface area contributed by atoms with Crippen LogP contribution in [0.3, 0.4) is 0 Å². The Bertz CT molecular complexity index is 1100. The zero-order valence-corrected chi connectivity index (χ0v) is 24.1. The molecule has 1 unspecified atom stereocenters. The van der Waals surface area contributed by atoms with Gasteiger partial charge in [0.05, 0.1) is 31.3 Å². The Hall–Kier alpha value is -2.56. The molecule has 2 aromatic heterocycles. The summed E-state index contributed by atoms with van der Waals surface area (Å²) in [5, 5.41) is 7.12. The largest absolute Gasteiger partial charge is 0.465 e. The quantitative estimate of drug-likeness (QED) is 0.144. The van der Waals surface area contributed by atoms with Gasteiger partial charge in [0.1, 0.15) is 23.7 Å². The number of oxime groups is 1. The van der Waals surface area contributed by atoms with E-state index in [0.29, 0.717) is 42.4 Å². The molecule has 0 saturated carbocycles. The number of hydrogen-bond acceptors (Lipinski definition) is 10. The molecule has 0 aliphatic carbocycles. The second-order valence-corrected chi connectivity index (χ2v) is 12.5. The van der Waals surface area contributed by atoms with Crippen molar-refractivity contribution in [2.24, 2.45) is 17.0 Å². The van der Waals surface area contributed by atoms with E-state index < -0.39 is 25.1 Å². The third-order valence-corrected chi connectivity index (χ3v) is 6.97. The number of imidazole rings is 1. The number of carbonyl (C=O) groups is 1. The van der Waals surface area contributed by atoms with Crippen LogP contribution in [0.25, 0.3) is 11.2 Å².